The second-order valence-corrected chi connectivity index (χ2v) is 4.24. The topological polar surface area (TPSA) is 64.1 Å². The van der Waals surface area contributed by atoms with Crippen LogP contribution in [0.15, 0.2) is 12.3 Å². The van der Waals surface area contributed by atoms with Crippen molar-refractivity contribution < 1.29 is 5.11 Å². The summed E-state index contributed by atoms with van der Waals surface area (Å²) in [7, 11) is 1.85. The first kappa shape index (κ1) is 9.68. The summed E-state index contributed by atoms with van der Waals surface area (Å²) < 4.78 is 1.71. The SMILES string of the molecule is Cn1ccc([C@@H](O)C2(CN)CCC2)n1. The van der Waals surface area contributed by atoms with E-state index in [4.69, 9.17) is 5.73 Å². The van der Waals surface area contributed by atoms with Crippen LogP contribution >= 0.6 is 0 Å². The van der Waals surface area contributed by atoms with Gasteiger partial charge in [-0.3, -0.25) is 4.68 Å². The van der Waals surface area contributed by atoms with Crippen LogP contribution in [0.3, 0.4) is 0 Å². The second-order valence-electron chi connectivity index (χ2n) is 4.24. The van der Waals surface area contributed by atoms with Gasteiger partial charge in [0.1, 0.15) is 6.10 Å². The summed E-state index contributed by atoms with van der Waals surface area (Å²) >= 11 is 0. The van der Waals surface area contributed by atoms with E-state index in [0.717, 1.165) is 18.5 Å². The van der Waals surface area contributed by atoms with E-state index >= 15 is 0 Å². The van der Waals surface area contributed by atoms with Crippen molar-refractivity contribution in [2.24, 2.45) is 18.2 Å². The summed E-state index contributed by atoms with van der Waals surface area (Å²) in [6.07, 6.45) is 4.55. The van der Waals surface area contributed by atoms with E-state index in [9.17, 15) is 5.11 Å². The van der Waals surface area contributed by atoms with Crippen LogP contribution in [-0.2, 0) is 7.05 Å². The molecule has 0 saturated heterocycles. The lowest BCUT2D eigenvalue weighted by molar-refractivity contribution is -0.0324. The van der Waals surface area contributed by atoms with Crippen LogP contribution in [0, 0.1) is 5.41 Å². The van der Waals surface area contributed by atoms with Gasteiger partial charge in [-0.25, -0.2) is 0 Å². The smallest absolute Gasteiger partial charge is 0.105 e. The molecule has 0 unspecified atom stereocenters. The van der Waals surface area contributed by atoms with Gasteiger partial charge >= 0.3 is 0 Å². The number of nitrogens with two attached hydrogens (primary N) is 1. The summed E-state index contributed by atoms with van der Waals surface area (Å²) in [6, 6.07) is 1.86. The molecule has 0 amide bonds. The van der Waals surface area contributed by atoms with Gasteiger partial charge in [0.25, 0.3) is 0 Å². The summed E-state index contributed by atoms with van der Waals surface area (Å²) in [5.74, 6) is 0. The maximum Gasteiger partial charge on any atom is 0.105 e. The van der Waals surface area contributed by atoms with Crippen molar-refractivity contribution in [3.05, 3.63) is 18.0 Å². The van der Waals surface area contributed by atoms with Gasteiger partial charge in [0.15, 0.2) is 0 Å². The highest BCUT2D eigenvalue weighted by molar-refractivity contribution is 5.10. The highest BCUT2D eigenvalue weighted by atomic mass is 16.3. The molecule has 1 aromatic rings. The predicted molar refractivity (Wildman–Crippen MR) is 53.5 cm³/mol. The molecule has 1 heterocycles. The van der Waals surface area contributed by atoms with E-state index in [-0.39, 0.29) is 5.41 Å². The minimum Gasteiger partial charge on any atom is -0.386 e. The van der Waals surface area contributed by atoms with Crippen LogP contribution in [0.2, 0.25) is 0 Å². The second kappa shape index (κ2) is 3.37. The van der Waals surface area contributed by atoms with Gasteiger partial charge in [0, 0.05) is 25.2 Å². The zero-order valence-electron chi connectivity index (χ0n) is 8.48. The predicted octanol–water partition coefficient (Wildman–Crippen LogP) is 0.582. The Balaban J connectivity index is 2.18. The lowest BCUT2D eigenvalue weighted by atomic mass is 9.64. The fourth-order valence-electron chi connectivity index (χ4n) is 2.11. The Hall–Kier alpha value is -0.870. The molecule has 0 radical (unpaired) electrons. The number of aryl methyl sites for hydroxylation is 1. The van der Waals surface area contributed by atoms with E-state index in [2.05, 4.69) is 5.10 Å². The first-order valence-electron chi connectivity index (χ1n) is 5.06. The number of nitrogens with zero attached hydrogens (tertiary/aromatic N) is 2. The van der Waals surface area contributed by atoms with Crippen LogP contribution in [0.4, 0.5) is 0 Å². The van der Waals surface area contributed by atoms with Crippen molar-refractivity contribution in [2.75, 3.05) is 6.54 Å². The highest BCUT2D eigenvalue weighted by Gasteiger charge is 2.43. The monoisotopic (exact) mass is 195 g/mol. The Labute approximate surface area is 83.7 Å². The third kappa shape index (κ3) is 1.35. The minimum atomic E-state index is -0.498. The zero-order chi connectivity index (χ0) is 10.2. The van der Waals surface area contributed by atoms with Crippen LogP contribution in [-0.4, -0.2) is 21.4 Å². The van der Waals surface area contributed by atoms with E-state index < -0.39 is 6.10 Å². The van der Waals surface area contributed by atoms with Crippen LogP contribution in [0.1, 0.15) is 31.1 Å². The fourth-order valence-corrected chi connectivity index (χ4v) is 2.11. The summed E-state index contributed by atoms with van der Waals surface area (Å²) in [6.45, 7) is 0.546. The molecule has 4 nitrogen and oxygen atoms in total. The molecule has 1 aromatic heterocycles. The summed E-state index contributed by atoms with van der Waals surface area (Å²) in [5, 5.41) is 14.4. The van der Waals surface area contributed by atoms with Gasteiger partial charge in [-0.1, -0.05) is 6.42 Å². The molecule has 4 heteroatoms. The molecule has 0 spiro atoms. The van der Waals surface area contributed by atoms with E-state index in [1.165, 1.54) is 6.42 Å². The standard InChI is InChI=1S/C10H17N3O/c1-13-6-3-8(12-13)9(14)10(7-11)4-2-5-10/h3,6,9,14H,2,4-5,7,11H2,1H3/t9-/m1/s1. The van der Waals surface area contributed by atoms with E-state index in [1.54, 1.807) is 4.68 Å². The third-order valence-corrected chi connectivity index (χ3v) is 3.35. The van der Waals surface area contributed by atoms with Crippen molar-refractivity contribution >= 4 is 0 Å². The fraction of sp³-hybridized carbons (Fsp3) is 0.700. The van der Waals surface area contributed by atoms with Gasteiger partial charge in [0.2, 0.25) is 0 Å². The normalized spacial score (nSPS) is 21.6. The number of rotatable bonds is 3. The average molecular weight is 195 g/mol. The number of aliphatic hydroxyl groups is 1. The molecule has 2 rings (SSSR count). The number of hydrogen-bond donors (Lipinski definition) is 2. The van der Waals surface area contributed by atoms with E-state index in [0.29, 0.717) is 6.54 Å². The largest absolute Gasteiger partial charge is 0.386 e. The van der Waals surface area contributed by atoms with Gasteiger partial charge in [0.05, 0.1) is 5.69 Å². The molecule has 3 N–H and O–H groups in total. The lowest BCUT2D eigenvalue weighted by Gasteiger charge is -2.44. The first-order chi connectivity index (χ1) is 6.68. The Morgan fingerprint density at radius 3 is 2.79 bits per heavy atom. The van der Waals surface area contributed by atoms with Gasteiger partial charge in [-0.2, -0.15) is 5.10 Å². The molecule has 14 heavy (non-hydrogen) atoms. The number of aromatic nitrogens is 2. The Bertz CT molecular complexity index is 311. The Kier molecular flexibility index (Phi) is 2.33. The number of hydrogen-bond acceptors (Lipinski definition) is 3. The van der Waals surface area contributed by atoms with Crippen molar-refractivity contribution in [3.8, 4) is 0 Å². The highest BCUT2D eigenvalue weighted by Crippen LogP contribution is 2.48. The molecule has 1 aliphatic carbocycles. The Morgan fingerprint density at radius 2 is 2.43 bits per heavy atom. The lowest BCUT2D eigenvalue weighted by Crippen LogP contribution is -2.42. The van der Waals surface area contributed by atoms with Crippen molar-refractivity contribution in [1.82, 2.24) is 9.78 Å². The van der Waals surface area contributed by atoms with Gasteiger partial charge in [-0.15, -0.1) is 0 Å². The Morgan fingerprint density at radius 1 is 1.71 bits per heavy atom. The first-order valence-corrected chi connectivity index (χ1v) is 5.06. The molecule has 1 atom stereocenters. The van der Waals surface area contributed by atoms with Crippen LogP contribution < -0.4 is 5.73 Å². The van der Waals surface area contributed by atoms with Crippen molar-refractivity contribution in [2.45, 2.75) is 25.4 Å². The summed E-state index contributed by atoms with van der Waals surface area (Å²) in [4.78, 5) is 0. The van der Waals surface area contributed by atoms with Crippen molar-refractivity contribution in [3.63, 3.8) is 0 Å². The molecule has 1 aliphatic rings. The maximum absolute atomic E-state index is 10.1. The minimum absolute atomic E-state index is 0.103. The molecule has 0 bridgehead atoms. The maximum atomic E-state index is 10.1. The quantitative estimate of drug-likeness (QED) is 0.741. The molecular formula is C10H17N3O. The molecule has 78 valence electrons. The number of aliphatic hydroxyl groups excluding tert-OH is 1. The molecule has 1 fully saturated rings. The molecular weight excluding hydrogens is 178 g/mol. The van der Waals surface area contributed by atoms with Crippen LogP contribution in [0.5, 0.6) is 0 Å². The van der Waals surface area contributed by atoms with Gasteiger partial charge in [-0.05, 0) is 18.9 Å². The van der Waals surface area contributed by atoms with Crippen LogP contribution in [0.25, 0.3) is 0 Å². The molecule has 1 saturated carbocycles. The molecule has 0 aliphatic heterocycles. The summed E-state index contributed by atoms with van der Waals surface area (Å²) in [5.41, 5.74) is 6.36. The van der Waals surface area contributed by atoms with E-state index in [1.807, 2.05) is 19.3 Å². The average Bonchev–Trinajstić information content (AvgIpc) is 2.50. The van der Waals surface area contributed by atoms with Crippen molar-refractivity contribution in [1.29, 1.82) is 0 Å². The third-order valence-electron chi connectivity index (χ3n) is 3.35. The molecule has 0 aromatic carbocycles. The zero-order valence-corrected chi connectivity index (χ0v) is 8.48. The van der Waals surface area contributed by atoms with Gasteiger partial charge < -0.3 is 10.8 Å².